The van der Waals surface area contributed by atoms with Crippen molar-refractivity contribution < 1.29 is 9.31 Å². The molecule has 3 rings (SSSR count). The van der Waals surface area contributed by atoms with Crippen LogP contribution in [-0.2, 0) is 0 Å². The van der Waals surface area contributed by atoms with Crippen LogP contribution in [0, 0.1) is 15.9 Å². The van der Waals surface area contributed by atoms with Gasteiger partial charge in [0.15, 0.2) is 5.82 Å². The fourth-order valence-corrected chi connectivity index (χ4v) is 3.63. The molecule has 0 atom stereocenters. The fraction of sp³-hybridized carbons (Fsp3) is 0.647. The van der Waals surface area contributed by atoms with E-state index >= 15 is 0 Å². The molecule has 126 valence electrons. The predicted molar refractivity (Wildman–Crippen MR) is 89.8 cm³/mol. The highest BCUT2D eigenvalue weighted by atomic mass is 19.1. The van der Waals surface area contributed by atoms with Crippen molar-refractivity contribution in [3.05, 3.63) is 28.1 Å². The Bertz CT molecular complexity index is 565. The van der Waals surface area contributed by atoms with Gasteiger partial charge in [-0.15, -0.1) is 0 Å². The Balaban J connectivity index is 1.98. The van der Waals surface area contributed by atoms with Crippen molar-refractivity contribution in [3.63, 3.8) is 0 Å². The molecule has 2 saturated heterocycles. The van der Waals surface area contributed by atoms with Crippen LogP contribution in [0.1, 0.15) is 44.9 Å². The average molecular weight is 321 g/mol. The fourth-order valence-electron chi connectivity index (χ4n) is 3.63. The lowest BCUT2D eigenvalue weighted by atomic mass is 10.1. The lowest BCUT2D eigenvalue weighted by Gasteiger charge is -2.30. The molecular formula is C17H24FN3O2. The maximum atomic E-state index is 14.5. The molecule has 1 aromatic carbocycles. The zero-order chi connectivity index (χ0) is 16.2. The van der Waals surface area contributed by atoms with Gasteiger partial charge in [-0.3, -0.25) is 10.1 Å². The van der Waals surface area contributed by atoms with E-state index in [-0.39, 0.29) is 5.69 Å². The number of nitro groups is 1. The van der Waals surface area contributed by atoms with E-state index in [0.717, 1.165) is 70.8 Å². The Morgan fingerprint density at radius 3 is 1.83 bits per heavy atom. The summed E-state index contributed by atoms with van der Waals surface area (Å²) in [5.41, 5.74) is 0.999. The van der Waals surface area contributed by atoms with E-state index in [1.54, 1.807) is 6.07 Å². The Hall–Kier alpha value is -1.85. The Morgan fingerprint density at radius 2 is 1.30 bits per heavy atom. The first-order chi connectivity index (χ1) is 11.2. The molecule has 0 saturated carbocycles. The monoisotopic (exact) mass is 321 g/mol. The van der Waals surface area contributed by atoms with E-state index in [0.29, 0.717) is 11.4 Å². The second-order valence-corrected chi connectivity index (χ2v) is 6.50. The van der Waals surface area contributed by atoms with E-state index in [2.05, 4.69) is 4.90 Å². The van der Waals surface area contributed by atoms with Gasteiger partial charge in [-0.1, -0.05) is 12.8 Å². The second-order valence-electron chi connectivity index (χ2n) is 6.50. The third-order valence-electron chi connectivity index (χ3n) is 4.88. The molecule has 2 heterocycles. The normalized spacial score (nSPS) is 19.5. The zero-order valence-electron chi connectivity index (χ0n) is 13.5. The molecule has 0 unspecified atom stereocenters. The van der Waals surface area contributed by atoms with Crippen LogP contribution in [0.2, 0.25) is 0 Å². The number of hydrogen-bond donors (Lipinski definition) is 0. The summed E-state index contributed by atoms with van der Waals surface area (Å²) >= 11 is 0. The number of nitro benzene ring substituents is 1. The maximum Gasteiger partial charge on any atom is 0.295 e. The van der Waals surface area contributed by atoms with Crippen LogP contribution in [0.15, 0.2) is 12.1 Å². The molecule has 2 fully saturated rings. The lowest BCUT2D eigenvalue weighted by Crippen LogP contribution is -2.31. The number of rotatable bonds is 3. The maximum absolute atomic E-state index is 14.5. The molecule has 0 radical (unpaired) electrons. The van der Waals surface area contributed by atoms with Crippen LogP contribution in [0.3, 0.4) is 0 Å². The van der Waals surface area contributed by atoms with Crippen LogP contribution in [0.25, 0.3) is 0 Å². The quantitative estimate of drug-likeness (QED) is 0.621. The first kappa shape index (κ1) is 16.0. The highest BCUT2D eigenvalue weighted by Gasteiger charge is 2.26. The summed E-state index contributed by atoms with van der Waals surface area (Å²) in [6.45, 7) is 3.28. The van der Waals surface area contributed by atoms with Gasteiger partial charge >= 0.3 is 0 Å². The molecule has 0 aromatic heterocycles. The predicted octanol–water partition coefficient (Wildman–Crippen LogP) is 4.10. The van der Waals surface area contributed by atoms with E-state index < -0.39 is 10.7 Å². The van der Waals surface area contributed by atoms with Crippen LogP contribution < -0.4 is 9.80 Å². The topological polar surface area (TPSA) is 49.6 Å². The van der Waals surface area contributed by atoms with Crippen LogP contribution in [0.5, 0.6) is 0 Å². The molecule has 0 aliphatic carbocycles. The molecule has 1 aromatic rings. The number of halogens is 1. The van der Waals surface area contributed by atoms with Crippen LogP contribution in [-0.4, -0.2) is 31.1 Å². The minimum absolute atomic E-state index is 0.106. The SMILES string of the molecule is O=[N+]([O-])c1cc(F)c(N2CCCCC2)cc1N1CCCCCC1. The molecular weight excluding hydrogens is 297 g/mol. The summed E-state index contributed by atoms with van der Waals surface area (Å²) in [5, 5.41) is 11.4. The molecule has 2 aliphatic heterocycles. The number of nitrogens with zero attached hydrogens (tertiary/aromatic N) is 3. The van der Waals surface area contributed by atoms with Crippen LogP contribution >= 0.6 is 0 Å². The number of piperidine rings is 1. The molecule has 0 amide bonds. The van der Waals surface area contributed by atoms with Gasteiger partial charge in [0.25, 0.3) is 5.69 Å². The molecule has 0 bridgehead atoms. The van der Waals surface area contributed by atoms with Gasteiger partial charge in [0.1, 0.15) is 5.69 Å². The first-order valence-electron chi connectivity index (χ1n) is 8.64. The molecule has 5 nitrogen and oxygen atoms in total. The van der Waals surface area contributed by atoms with Gasteiger partial charge < -0.3 is 9.80 Å². The van der Waals surface area contributed by atoms with Crippen molar-refractivity contribution >= 4 is 17.1 Å². The standard InChI is InChI=1S/C17H24FN3O2/c18-14-12-17(21(22)23)16(20-10-4-1-2-5-11-20)13-15(14)19-8-6-3-7-9-19/h12-13H,1-11H2. The third-order valence-corrected chi connectivity index (χ3v) is 4.88. The van der Waals surface area contributed by atoms with Crippen molar-refractivity contribution in [2.24, 2.45) is 0 Å². The van der Waals surface area contributed by atoms with Crippen LogP contribution in [0.4, 0.5) is 21.5 Å². The van der Waals surface area contributed by atoms with E-state index in [4.69, 9.17) is 0 Å². The van der Waals surface area contributed by atoms with Gasteiger partial charge in [-0.2, -0.15) is 0 Å². The second kappa shape index (κ2) is 7.15. The summed E-state index contributed by atoms with van der Waals surface area (Å²) in [6.07, 6.45) is 7.66. The van der Waals surface area contributed by atoms with Gasteiger partial charge in [-0.05, 0) is 38.2 Å². The minimum atomic E-state index is -0.475. The van der Waals surface area contributed by atoms with Gasteiger partial charge in [-0.25, -0.2) is 4.39 Å². The highest BCUT2D eigenvalue weighted by molar-refractivity contribution is 5.71. The van der Waals surface area contributed by atoms with Crippen molar-refractivity contribution in [1.29, 1.82) is 0 Å². The molecule has 23 heavy (non-hydrogen) atoms. The molecule has 2 aliphatic rings. The van der Waals surface area contributed by atoms with Crippen molar-refractivity contribution in [1.82, 2.24) is 0 Å². The zero-order valence-corrected chi connectivity index (χ0v) is 13.5. The minimum Gasteiger partial charge on any atom is -0.369 e. The highest BCUT2D eigenvalue weighted by Crippen LogP contribution is 2.36. The van der Waals surface area contributed by atoms with Crippen molar-refractivity contribution in [3.8, 4) is 0 Å². The summed E-state index contributed by atoms with van der Waals surface area (Å²) in [6, 6.07) is 2.83. The smallest absolute Gasteiger partial charge is 0.295 e. The number of anilines is 2. The van der Waals surface area contributed by atoms with Gasteiger partial charge in [0, 0.05) is 26.2 Å². The van der Waals surface area contributed by atoms with E-state index in [1.165, 1.54) is 6.42 Å². The number of hydrogen-bond acceptors (Lipinski definition) is 4. The molecule has 0 spiro atoms. The van der Waals surface area contributed by atoms with Gasteiger partial charge in [0.05, 0.1) is 16.7 Å². The largest absolute Gasteiger partial charge is 0.369 e. The first-order valence-corrected chi connectivity index (χ1v) is 8.64. The lowest BCUT2D eigenvalue weighted by molar-refractivity contribution is -0.384. The van der Waals surface area contributed by atoms with Crippen molar-refractivity contribution in [2.75, 3.05) is 36.0 Å². The van der Waals surface area contributed by atoms with Crippen molar-refractivity contribution in [2.45, 2.75) is 44.9 Å². The summed E-state index contributed by atoms with van der Waals surface area (Å²) in [4.78, 5) is 15.0. The molecule has 6 heteroatoms. The third kappa shape index (κ3) is 3.57. The number of benzene rings is 1. The van der Waals surface area contributed by atoms with E-state index in [1.807, 2.05) is 4.90 Å². The van der Waals surface area contributed by atoms with Gasteiger partial charge in [0.2, 0.25) is 0 Å². The Labute approximate surface area is 136 Å². The average Bonchev–Trinajstić information content (AvgIpc) is 2.84. The summed E-state index contributed by atoms with van der Waals surface area (Å²) in [7, 11) is 0. The summed E-state index contributed by atoms with van der Waals surface area (Å²) < 4.78 is 14.5. The Morgan fingerprint density at radius 1 is 0.826 bits per heavy atom. The van der Waals surface area contributed by atoms with E-state index in [9.17, 15) is 14.5 Å². The molecule has 0 N–H and O–H groups in total. The summed E-state index contributed by atoms with van der Waals surface area (Å²) in [5.74, 6) is -0.475. The Kier molecular flexibility index (Phi) is 4.98.